The van der Waals surface area contributed by atoms with E-state index in [0.717, 1.165) is 17.5 Å². The maximum Gasteiger partial charge on any atom is 0.272 e. The Morgan fingerprint density at radius 1 is 1.10 bits per heavy atom. The van der Waals surface area contributed by atoms with Crippen LogP contribution in [0.3, 0.4) is 0 Å². The molecule has 0 amide bonds. The third-order valence-corrected chi connectivity index (χ3v) is 3.40. The fourth-order valence-corrected chi connectivity index (χ4v) is 2.23. The Balaban J connectivity index is 2.19. The van der Waals surface area contributed by atoms with E-state index >= 15 is 0 Å². The van der Waals surface area contributed by atoms with Crippen molar-refractivity contribution in [3.05, 3.63) is 69.3 Å². The van der Waals surface area contributed by atoms with Gasteiger partial charge in [0.25, 0.3) is 5.69 Å². The first kappa shape index (κ1) is 14.1. The molecule has 0 unspecified atom stereocenters. The molecule has 0 atom stereocenters. The van der Waals surface area contributed by atoms with E-state index in [-0.39, 0.29) is 16.4 Å². The van der Waals surface area contributed by atoms with E-state index in [2.05, 4.69) is 6.92 Å². The lowest BCUT2D eigenvalue weighted by atomic mass is 10.00. The lowest BCUT2D eigenvalue weighted by Gasteiger charge is -2.07. The van der Waals surface area contributed by atoms with Crippen molar-refractivity contribution in [2.24, 2.45) is 0 Å². The first-order chi connectivity index (χ1) is 9.61. The number of para-hydroxylation sites is 1. The van der Waals surface area contributed by atoms with Gasteiger partial charge < -0.3 is 5.11 Å². The van der Waals surface area contributed by atoms with Crippen molar-refractivity contribution < 1.29 is 10.0 Å². The van der Waals surface area contributed by atoms with Crippen molar-refractivity contribution in [2.75, 3.05) is 0 Å². The maximum atomic E-state index is 11.0. The van der Waals surface area contributed by atoms with Gasteiger partial charge in [-0.2, -0.15) is 0 Å². The minimum atomic E-state index is -0.363. The third kappa shape index (κ3) is 3.15. The van der Waals surface area contributed by atoms with Gasteiger partial charge in [-0.3, -0.25) is 10.1 Å². The number of benzene rings is 2. The number of nitrogens with zero attached hydrogens (tertiary/aromatic N) is 1. The summed E-state index contributed by atoms with van der Waals surface area (Å²) in [4.78, 5) is 10.6. The molecule has 0 aliphatic rings. The molecule has 0 bridgehead atoms. The predicted octanol–water partition coefficient (Wildman–Crippen LogP) is 3.65. The van der Waals surface area contributed by atoms with Crippen molar-refractivity contribution in [3.8, 4) is 5.75 Å². The molecule has 4 heteroatoms. The molecule has 0 saturated carbocycles. The van der Waals surface area contributed by atoms with Gasteiger partial charge >= 0.3 is 0 Å². The molecule has 0 fully saturated rings. The molecular formula is C16H17NO3. The van der Waals surface area contributed by atoms with Crippen LogP contribution in [0.15, 0.2) is 42.5 Å². The topological polar surface area (TPSA) is 63.4 Å². The maximum absolute atomic E-state index is 11.0. The van der Waals surface area contributed by atoms with E-state index < -0.39 is 0 Å². The number of hydrogen-bond donors (Lipinski definition) is 1. The summed E-state index contributed by atoms with van der Waals surface area (Å²) in [5, 5.41) is 20.8. The van der Waals surface area contributed by atoms with Crippen LogP contribution in [0.1, 0.15) is 23.6 Å². The third-order valence-electron chi connectivity index (χ3n) is 3.40. The molecule has 0 aliphatic carbocycles. The van der Waals surface area contributed by atoms with Crippen molar-refractivity contribution >= 4 is 5.69 Å². The van der Waals surface area contributed by atoms with E-state index in [4.69, 9.17) is 0 Å². The number of aromatic hydroxyl groups is 1. The van der Waals surface area contributed by atoms with E-state index in [1.807, 2.05) is 12.1 Å². The van der Waals surface area contributed by atoms with E-state index in [0.29, 0.717) is 18.4 Å². The summed E-state index contributed by atoms with van der Waals surface area (Å²) in [6.45, 7) is 2.05. The van der Waals surface area contributed by atoms with Crippen molar-refractivity contribution in [2.45, 2.75) is 26.2 Å². The van der Waals surface area contributed by atoms with E-state index in [1.54, 1.807) is 24.3 Å². The van der Waals surface area contributed by atoms with Crippen molar-refractivity contribution in [3.63, 3.8) is 0 Å². The molecule has 0 saturated heterocycles. The first-order valence-corrected chi connectivity index (χ1v) is 6.65. The second-order valence-corrected chi connectivity index (χ2v) is 4.70. The number of hydrogen-bond acceptors (Lipinski definition) is 3. The van der Waals surface area contributed by atoms with Crippen LogP contribution in [0.25, 0.3) is 0 Å². The SMILES string of the molecule is CCc1ccc(O)c(CCc2ccccc2[N+](=O)[O-])c1. The fraction of sp³-hybridized carbons (Fsp3) is 0.250. The highest BCUT2D eigenvalue weighted by Crippen LogP contribution is 2.24. The van der Waals surface area contributed by atoms with Crippen LogP contribution in [0.2, 0.25) is 0 Å². The number of phenolic OH excluding ortho intramolecular Hbond substituents is 1. The highest BCUT2D eigenvalue weighted by atomic mass is 16.6. The Bertz CT molecular complexity index is 623. The number of rotatable bonds is 5. The Morgan fingerprint density at radius 2 is 1.80 bits per heavy atom. The average molecular weight is 271 g/mol. The quantitative estimate of drug-likeness (QED) is 0.667. The number of nitro benzene ring substituents is 1. The smallest absolute Gasteiger partial charge is 0.272 e. The van der Waals surface area contributed by atoms with Crippen LogP contribution in [-0.2, 0) is 19.3 Å². The second kappa shape index (κ2) is 6.19. The molecule has 0 radical (unpaired) electrons. The summed E-state index contributed by atoms with van der Waals surface area (Å²) >= 11 is 0. The van der Waals surface area contributed by atoms with E-state index in [1.165, 1.54) is 6.07 Å². The molecule has 0 spiro atoms. The molecule has 1 N–H and O–H groups in total. The minimum Gasteiger partial charge on any atom is -0.508 e. The van der Waals surface area contributed by atoms with Gasteiger partial charge in [0.05, 0.1) is 4.92 Å². The molecule has 0 aromatic heterocycles. The summed E-state index contributed by atoms with van der Waals surface area (Å²) in [6, 6.07) is 12.3. The Morgan fingerprint density at radius 3 is 2.50 bits per heavy atom. The molecule has 0 aliphatic heterocycles. The van der Waals surface area contributed by atoms with Crippen molar-refractivity contribution in [1.29, 1.82) is 0 Å². The molecule has 2 aromatic carbocycles. The zero-order valence-corrected chi connectivity index (χ0v) is 11.4. The van der Waals surface area contributed by atoms with Crippen LogP contribution in [0.4, 0.5) is 5.69 Å². The van der Waals surface area contributed by atoms with Gasteiger partial charge in [0, 0.05) is 11.6 Å². The Labute approximate surface area is 117 Å². The summed E-state index contributed by atoms with van der Waals surface area (Å²) in [6.07, 6.45) is 2.03. The van der Waals surface area contributed by atoms with Crippen LogP contribution in [0, 0.1) is 10.1 Å². The minimum absolute atomic E-state index is 0.138. The molecule has 104 valence electrons. The molecule has 4 nitrogen and oxygen atoms in total. The summed E-state index contributed by atoms with van der Waals surface area (Å²) in [7, 11) is 0. The lowest BCUT2D eigenvalue weighted by Crippen LogP contribution is -1.98. The molecule has 0 heterocycles. The summed E-state index contributed by atoms with van der Waals surface area (Å²) < 4.78 is 0. The second-order valence-electron chi connectivity index (χ2n) is 4.70. The zero-order chi connectivity index (χ0) is 14.5. The Hall–Kier alpha value is -2.36. The van der Waals surface area contributed by atoms with Crippen LogP contribution in [-0.4, -0.2) is 10.0 Å². The van der Waals surface area contributed by atoms with Gasteiger partial charge in [0.1, 0.15) is 5.75 Å². The van der Waals surface area contributed by atoms with E-state index in [9.17, 15) is 15.2 Å². The molecule has 2 rings (SSSR count). The highest BCUT2D eigenvalue weighted by Gasteiger charge is 2.12. The highest BCUT2D eigenvalue weighted by molar-refractivity contribution is 5.42. The number of aryl methyl sites for hydroxylation is 3. The fourth-order valence-electron chi connectivity index (χ4n) is 2.23. The van der Waals surface area contributed by atoms with Gasteiger partial charge in [-0.15, -0.1) is 0 Å². The van der Waals surface area contributed by atoms with Gasteiger partial charge in [-0.25, -0.2) is 0 Å². The lowest BCUT2D eigenvalue weighted by molar-refractivity contribution is -0.385. The average Bonchev–Trinajstić information content (AvgIpc) is 2.46. The summed E-state index contributed by atoms with van der Waals surface area (Å²) in [5.41, 5.74) is 2.82. The summed E-state index contributed by atoms with van der Waals surface area (Å²) in [5.74, 6) is 0.251. The van der Waals surface area contributed by atoms with Gasteiger partial charge in [-0.05, 0) is 36.5 Å². The van der Waals surface area contributed by atoms with Gasteiger partial charge in [-0.1, -0.05) is 37.3 Å². The number of phenols is 1. The molecule has 2 aromatic rings. The monoisotopic (exact) mass is 271 g/mol. The zero-order valence-electron chi connectivity index (χ0n) is 11.4. The largest absolute Gasteiger partial charge is 0.508 e. The van der Waals surface area contributed by atoms with Gasteiger partial charge in [0.2, 0.25) is 0 Å². The first-order valence-electron chi connectivity index (χ1n) is 6.65. The molecule has 20 heavy (non-hydrogen) atoms. The predicted molar refractivity (Wildman–Crippen MR) is 78.0 cm³/mol. The normalized spacial score (nSPS) is 10.4. The van der Waals surface area contributed by atoms with Gasteiger partial charge in [0.15, 0.2) is 0 Å². The molecular weight excluding hydrogens is 254 g/mol. The van der Waals surface area contributed by atoms with Crippen LogP contribution in [0.5, 0.6) is 5.75 Å². The Kier molecular flexibility index (Phi) is 4.35. The number of nitro groups is 1. The van der Waals surface area contributed by atoms with Crippen LogP contribution >= 0.6 is 0 Å². The van der Waals surface area contributed by atoms with Crippen molar-refractivity contribution in [1.82, 2.24) is 0 Å². The standard InChI is InChI=1S/C16H17NO3/c1-2-12-7-10-16(18)14(11-12)9-8-13-5-3-4-6-15(13)17(19)20/h3-7,10-11,18H,2,8-9H2,1H3. The van der Waals surface area contributed by atoms with Crippen LogP contribution < -0.4 is 0 Å².